The smallest absolute Gasteiger partial charge is 0.232 e. The minimum atomic E-state index is 0.222. The van der Waals surface area contributed by atoms with E-state index in [0.717, 1.165) is 30.0 Å². The van der Waals surface area contributed by atoms with E-state index in [0.29, 0.717) is 11.4 Å². The molecule has 102 valence electrons. The molecule has 0 amide bonds. The number of nitrogens with zero attached hydrogens (tertiary/aromatic N) is 2. The normalized spacial score (nSPS) is 22.8. The largest absolute Gasteiger partial charge is 0.473 e. The van der Waals surface area contributed by atoms with Gasteiger partial charge in [-0.3, -0.25) is 0 Å². The number of hydrogen-bond acceptors (Lipinski definition) is 3. The molecule has 0 aliphatic heterocycles. The summed E-state index contributed by atoms with van der Waals surface area (Å²) >= 11 is 0. The van der Waals surface area contributed by atoms with Crippen LogP contribution >= 0.6 is 0 Å². The minimum absolute atomic E-state index is 0.222. The van der Waals surface area contributed by atoms with Crippen LogP contribution in [0, 0.1) is 31.1 Å². The second kappa shape index (κ2) is 6.06. The number of rotatable bonds is 3. The topological polar surface area (TPSA) is 45.9 Å². The van der Waals surface area contributed by atoms with Crippen LogP contribution in [0.1, 0.15) is 55.8 Å². The van der Waals surface area contributed by atoms with Gasteiger partial charge in [0, 0.05) is 5.69 Å². The van der Waals surface area contributed by atoms with Crippen LogP contribution < -0.4 is 4.74 Å². The van der Waals surface area contributed by atoms with E-state index in [1.165, 1.54) is 19.3 Å². The monoisotopic (exact) mass is 258 g/mol. The zero-order chi connectivity index (χ0) is 13.8. The fraction of sp³-hybridized carbons (Fsp3) is 0.625. The third-order valence-electron chi connectivity index (χ3n) is 4.01. The molecule has 1 aromatic rings. The van der Waals surface area contributed by atoms with Gasteiger partial charge >= 0.3 is 0 Å². The number of hydrogen-bond donors (Lipinski definition) is 0. The lowest BCUT2D eigenvalue weighted by molar-refractivity contribution is 0.116. The Kier molecular flexibility index (Phi) is 4.42. The van der Waals surface area contributed by atoms with Crippen LogP contribution in [-0.4, -0.2) is 11.1 Å². The van der Waals surface area contributed by atoms with Crippen LogP contribution in [0.3, 0.4) is 0 Å². The molecule has 2 rings (SSSR count). The first-order chi connectivity index (χ1) is 9.13. The quantitative estimate of drug-likeness (QED) is 0.825. The highest BCUT2D eigenvalue weighted by Gasteiger charge is 2.23. The second-order valence-corrected chi connectivity index (χ2v) is 5.55. The summed E-state index contributed by atoms with van der Waals surface area (Å²) in [6, 6.07) is 4.15. The SMILES string of the molecule is CCC1CCCC(Oc2nc(C)cc(C)c2C#N)C1. The molecule has 0 radical (unpaired) electrons. The summed E-state index contributed by atoms with van der Waals surface area (Å²) in [5.41, 5.74) is 2.45. The van der Waals surface area contributed by atoms with E-state index < -0.39 is 0 Å². The predicted octanol–water partition coefficient (Wildman–Crippen LogP) is 3.92. The van der Waals surface area contributed by atoms with E-state index in [9.17, 15) is 5.26 Å². The Labute approximate surface area is 115 Å². The van der Waals surface area contributed by atoms with Gasteiger partial charge < -0.3 is 4.74 Å². The molecule has 1 heterocycles. The molecule has 3 heteroatoms. The van der Waals surface area contributed by atoms with Gasteiger partial charge in [0.1, 0.15) is 17.7 Å². The summed E-state index contributed by atoms with van der Waals surface area (Å²) in [6.45, 7) is 6.12. The summed E-state index contributed by atoms with van der Waals surface area (Å²) in [6.07, 6.45) is 6.13. The van der Waals surface area contributed by atoms with Crippen LogP contribution in [0.2, 0.25) is 0 Å². The first-order valence-electron chi connectivity index (χ1n) is 7.19. The van der Waals surface area contributed by atoms with E-state index in [1.807, 2.05) is 19.9 Å². The maximum Gasteiger partial charge on any atom is 0.232 e. The average molecular weight is 258 g/mol. The van der Waals surface area contributed by atoms with Gasteiger partial charge in [0.25, 0.3) is 0 Å². The highest BCUT2D eigenvalue weighted by atomic mass is 16.5. The van der Waals surface area contributed by atoms with Crippen molar-refractivity contribution in [3.63, 3.8) is 0 Å². The third-order valence-corrected chi connectivity index (χ3v) is 4.01. The Morgan fingerprint density at radius 1 is 1.42 bits per heavy atom. The van der Waals surface area contributed by atoms with Crippen molar-refractivity contribution in [2.45, 2.75) is 59.0 Å². The maximum atomic E-state index is 9.25. The number of aromatic nitrogens is 1. The first kappa shape index (κ1) is 13.9. The third kappa shape index (κ3) is 3.26. The lowest BCUT2D eigenvalue weighted by Gasteiger charge is -2.29. The van der Waals surface area contributed by atoms with Crippen LogP contribution in [0.5, 0.6) is 5.88 Å². The van der Waals surface area contributed by atoms with Gasteiger partial charge in [0.15, 0.2) is 0 Å². The molecule has 0 spiro atoms. The molecule has 1 saturated carbocycles. The van der Waals surface area contributed by atoms with Crippen molar-refractivity contribution in [2.75, 3.05) is 0 Å². The minimum Gasteiger partial charge on any atom is -0.473 e. The molecule has 2 atom stereocenters. The summed E-state index contributed by atoms with van der Waals surface area (Å²) in [7, 11) is 0. The zero-order valence-corrected chi connectivity index (χ0v) is 12.1. The van der Waals surface area contributed by atoms with E-state index in [-0.39, 0.29) is 6.10 Å². The van der Waals surface area contributed by atoms with E-state index in [4.69, 9.17) is 4.74 Å². The van der Waals surface area contributed by atoms with Crippen molar-refractivity contribution in [1.29, 1.82) is 5.26 Å². The van der Waals surface area contributed by atoms with Crippen molar-refractivity contribution >= 4 is 0 Å². The Bertz CT molecular complexity index is 490. The zero-order valence-electron chi connectivity index (χ0n) is 12.1. The Morgan fingerprint density at radius 2 is 2.21 bits per heavy atom. The van der Waals surface area contributed by atoms with Crippen LogP contribution in [0.4, 0.5) is 0 Å². The first-order valence-corrected chi connectivity index (χ1v) is 7.19. The van der Waals surface area contributed by atoms with Gasteiger partial charge in [-0.15, -0.1) is 0 Å². The molecule has 1 aliphatic rings. The standard InChI is InChI=1S/C16H22N2O/c1-4-13-6-5-7-14(9-13)19-16-15(10-17)11(2)8-12(3)18-16/h8,13-14H,4-7,9H2,1-3H3. The molecule has 0 N–H and O–H groups in total. The maximum absolute atomic E-state index is 9.25. The molecular weight excluding hydrogens is 236 g/mol. The van der Waals surface area contributed by atoms with Crippen LogP contribution in [-0.2, 0) is 0 Å². The van der Waals surface area contributed by atoms with Crippen molar-refractivity contribution < 1.29 is 4.74 Å². The predicted molar refractivity (Wildman–Crippen MR) is 75.1 cm³/mol. The Balaban J connectivity index is 2.17. The molecule has 1 fully saturated rings. The summed E-state index contributed by atoms with van der Waals surface area (Å²) in [5.74, 6) is 1.29. The molecule has 0 saturated heterocycles. The van der Waals surface area contributed by atoms with Crippen LogP contribution in [0.25, 0.3) is 0 Å². The van der Waals surface area contributed by atoms with Gasteiger partial charge in [0.2, 0.25) is 5.88 Å². The summed E-state index contributed by atoms with van der Waals surface area (Å²) < 4.78 is 6.04. The van der Waals surface area contributed by atoms with Gasteiger partial charge in [0.05, 0.1) is 0 Å². The number of ether oxygens (including phenoxy) is 1. The lowest BCUT2D eigenvalue weighted by Crippen LogP contribution is -2.26. The van der Waals surface area contributed by atoms with Gasteiger partial charge in [-0.1, -0.05) is 19.8 Å². The van der Waals surface area contributed by atoms with Gasteiger partial charge in [-0.25, -0.2) is 4.98 Å². The molecule has 0 aromatic carbocycles. The number of pyridine rings is 1. The highest BCUT2D eigenvalue weighted by Crippen LogP contribution is 2.30. The molecular formula is C16H22N2O. The molecule has 2 unspecified atom stereocenters. The highest BCUT2D eigenvalue weighted by molar-refractivity contribution is 5.45. The van der Waals surface area contributed by atoms with E-state index >= 15 is 0 Å². The molecule has 3 nitrogen and oxygen atoms in total. The number of nitriles is 1. The summed E-state index contributed by atoms with van der Waals surface area (Å²) in [5, 5.41) is 9.25. The Hall–Kier alpha value is -1.56. The van der Waals surface area contributed by atoms with Crippen molar-refractivity contribution in [1.82, 2.24) is 4.98 Å². The van der Waals surface area contributed by atoms with Crippen molar-refractivity contribution in [3.05, 3.63) is 22.9 Å². The number of aryl methyl sites for hydroxylation is 2. The second-order valence-electron chi connectivity index (χ2n) is 5.55. The van der Waals surface area contributed by atoms with Crippen molar-refractivity contribution in [2.24, 2.45) is 5.92 Å². The van der Waals surface area contributed by atoms with E-state index in [1.54, 1.807) is 0 Å². The fourth-order valence-electron chi connectivity index (χ4n) is 2.90. The van der Waals surface area contributed by atoms with Crippen LogP contribution in [0.15, 0.2) is 6.07 Å². The Morgan fingerprint density at radius 3 is 2.89 bits per heavy atom. The fourth-order valence-corrected chi connectivity index (χ4v) is 2.90. The van der Waals surface area contributed by atoms with Gasteiger partial charge in [-0.2, -0.15) is 5.26 Å². The molecule has 0 bridgehead atoms. The summed E-state index contributed by atoms with van der Waals surface area (Å²) in [4.78, 5) is 4.41. The molecule has 1 aromatic heterocycles. The average Bonchev–Trinajstić information content (AvgIpc) is 2.38. The lowest BCUT2D eigenvalue weighted by atomic mass is 9.85. The van der Waals surface area contributed by atoms with Crippen molar-refractivity contribution in [3.8, 4) is 11.9 Å². The van der Waals surface area contributed by atoms with Gasteiger partial charge in [-0.05, 0) is 50.7 Å². The molecule has 19 heavy (non-hydrogen) atoms. The molecule has 1 aliphatic carbocycles. The van der Waals surface area contributed by atoms with E-state index in [2.05, 4.69) is 18.0 Å².